The first-order valence-corrected chi connectivity index (χ1v) is 10.4. The zero-order chi connectivity index (χ0) is 21.1. The average Bonchev–Trinajstić information content (AvgIpc) is 2.64. The van der Waals surface area contributed by atoms with Gasteiger partial charge in [0.1, 0.15) is 12.7 Å². The van der Waals surface area contributed by atoms with E-state index in [1.54, 1.807) is 0 Å². The second kappa shape index (κ2) is 8.91. The maximum absolute atomic E-state index is 12.3. The summed E-state index contributed by atoms with van der Waals surface area (Å²) in [4.78, 5) is 24.2. The molecule has 2 rings (SSSR count). The van der Waals surface area contributed by atoms with Crippen molar-refractivity contribution in [2.75, 3.05) is 13.2 Å². The van der Waals surface area contributed by atoms with Crippen molar-refractivity contribution in [2.24, 2.45) is 22.7 Å². The fourth-order valence-corrected chi connectivity index (χ4v) is 5.12. The Morgan fingerprint density at radius 3 is 2.75 bits per heavy atom. The number of carbonyl (C=O) groups is 2. The van der Waals surface area contributed by atoms with Crippen LogP contribution in [0.3, 0.4) is 0 Å². The lowest BCUT2D eigenvalue weighted by Crippen LogP contribution is -2.50. The Bertz CT molecular complexity index is 664. The molecule has 158 valence electrons. The lowest BCUT2D eigenvalue weighted by molar-refractivity contribution is -0.141. The number of ketones is 1. The quantitative estimate of drug-likeness (QED) is 0.511. The number of aliphatic hydroxyl groups is 2. The number of allylic oxidation sites excluding steroid dienone is 3. The first-order valence-electron chi connectivity index (χ1n) is 10.4. The van der Waals surface area contributed by atoms with Gasteiger partial charge in [0, 0.05) is 12.5 Å². The number of carbonyl (C=O) groups excluding carboxylic acids is 2. The fraction of sp³-hybridized carbons (Fsp3) is 0.739. The van der Waals surface area contributed by atoms with E-state index < -0.39 is 18.7 Å². The molecular formula is C23H36O5. The Morgan fingerprint density at radius 2 is 2.11 bits per heavy atom. The average molecular weight is 393 g/mol. The third-order valence-corrected chi connectivity index (χ3v) is 7.52. The molecular weight excluding hydrogens is 356 g/mol. The Labute approximate surface area is 168 Å². The summed E-state index contributed by atoms with van der Waals surface area (Å²) in [7, 11) is 0. The summed E-state index contributed by atoms with van der Waals surface area (Å²) in [5.74, 6) is 0.575. The molecule has 0 aromatic heterocycles. The summed E-state index contributed by atoms with van der Waals surface area (Å²) < 4.78 is 4.96. The number of hydrogen-bond acceptors (Lipinski definition) is 5. The molecule has 0 amide bonds. The van der Waals surface area contributed by atoms with Crippen LogP contribution >= 0.6 is 0 Å². The Hall–Kier alpha value is -1.46. The van der Waals surface area contributed by atoms with Gasteiger partial charge >= 0.3 is 5.97 Å². The van der Waals surface area contributed by atoms with Crippen LogP contribution in [-0.2, 0) is 14.3 Å². The summed E-state index contributed by atoms with van der Waals surface area (Å²) >= 11 is 0. The standard InChI is InChI=1S/C23H36O5/c1-15(10-21(27)28-14-19(26)13-24)6-8-22(4)16(2)7-9-23(5)17(3)11-18(25)12-20(22)23/h10-11,16,19-20,24,26H,6-9,12-14H2,1-5H3. The Balaban J connectivity index is 2.08. The molecule has 2 N–H and O–H groups in total. The van der Waals surface area contributed by atoms with Crippen molar-refractivity contribution >= 4 is 11.8 Å². The molecule has 5 heteroatoms. The van der Waals surface area contributed by atoms with E-state index in [1.807, 2.05) is 13.0 Å². The van der Waals surface area contributed by atoms with Crippen LogP contribution in [0.5, 0.6) is 0 Å². The van der Waals surface area contributed by atoms with Gasteiger partial charge in [-0.05, 0) is 68.3 Å². The molecule has 0 saturated heterocycles. The zero-order valence-electron chi connectivity index (χ0n) is 18.0. The van der Waals surface area contributed by atoms with Gasteiger partial charge in [-0.15, -0.1) is 0 Å². The highest BCUT2D eigenvalue weighted by Crippen LogP contribution is 2.61. The van der Waals surface area contributed by atoms with Gasteiger partial charge in [0.25, 0.3) is 0 Å². The number of esters is 1. The summed E-state index contributed by atoms with van der Waals surface area (Å²) in [6.45, 7) is 10.3. The molecule has 1 fully saturated rings. The van der Waals surface area contributed by atoms with Gasteiger partial charge < -0.3 is 14.9 Å². The third kappa shape index (κ3) is 4.74. The summed E-state index contributed by atoms with van der Waals surface area (Å²) in [6, 6.07) is 0. The van der Waals surface area contributed by atoms with E-state index in [2.05, 4.69) is 27.7 Å². The molecule has 2 aliphatic rings. The van der Waals surface area contributed by atoms with Gasteiger partial charge in [0.15, 0.2) is 5.78 Å². The van der Waals surface area contributed by atoms with Crippen molar-refractivity contribution in [3.8, 4) is 0 Å². The van der Waals surface area contributed by atoms with Crippen molar-refractivity contribution in [3.63, 3.8) is 0 Å². The first kappa shape index (κ1) is 22.8. The van der Waals surface area contributed by atoms with Crippen molar-refractivity contribution < 1.29 is 24.5 Å². The van der Waals surface area contributed by atoms with E-state index in [4.69, 9.17) is 9.84 Å². The number of aliphatic hydroxyl groups excluding tert-OH is 2. The molecule has 0 heterocycles. The smallest absolute Gasteiger partial charge is 0.330 e. The van der Waals surface area contributed by atoms with Gasteiger partial charge in [-0.3, -0.25) is 4.79 Å². The molecule has 0 aromatic carbocycles. The predicted octanol–water partition coefficient (Wildman–Crippen LogP) is 3.59. The van der Waals surface area contributed by atoms with Crippen LogP contribution in [0.15, 0.2) is 23.3 Å². The van der Waals surface area contributed by atoms with Crippen LogP contribution in [0.25, 0.3) is 0 Å². The van der Waals surface area contributed by atoms with Gasteiger partial charge in [-0.2, -0.15) is 0 Å². The Kier molecular flexibility index (Phi) is 7.27. The topological polar surface area (TPSA) is 83.8 Å². The molecule has 1 saturated carbocycles. The normalized spacial score (nSPS) is 34.5. The van der Waals surface area contributed by atoms with Crippen molar-refractivity contribution in [1.29, 1.82) is 0 Å². The number of rotatable bonds is 7. The highest BCUT2D eigenvalue weighted by Gasteiger charge is 2.54. The van der Waals surface area contributed by atoms with Crippen LogP contribution in [0.1, 0.15) is 66.7 Å². The first-order chi connectivity index (χ1) is 13.0. The monoisotopic (exact) mass is 392 g/mol. The minimum atomic E-state index is -1.04. The highest BCUT2D eigenvalue weighted by atomic mass is 16.5. The van der Waals surface area contributed by atoms with Gasteiger partial charge in [0.05, 0.1) is 6.61 Å². The van der Waals surface area contributed by atoms with E-state index in [1.165, 1.54) is 11.6 Å². The largest absolute Gasteiger partial charge is 0.460 e. The van der Waals surface area contributed by atoms with E-state index in [-0.39, 0.29) is 23.2 Å². The number of ether oxygens (including phenoxy) is 1. The molecule has 28 heavy (non-hydrogen) atoms. The molecule has 5 unspecified atom stereocenters. The van der Waals surface area contributed by atoms with E-state index >= 15 is 0 Å². The van der Waals surface area contributed by atoms with Crippen LogP contribution in [-0.4, -0.2) is 41.3 Å². The van der Waals surface area contributed by atoms with Crippen LogP contribution in [0.2, 0.25) is 0 Å². The van der Waals surface area contributed by atoms with Crippen LogP contribution < -0.4 is 0 Å². The molecule has 0 aliphatic heterocycles. The van der Waals surface area contributed by atoms with Crippen LogP contribution in [0, 0.1) is 22.7 Å². The fourth-order valence-electron chi connectivity index (χ4n) is 5.12. The lowest BCUT2D eigenvalue weighted by atomic mass is 9.47. The van der Waals surface area contributed by atoms with Gasteiger partial charge in [0.2, 0.25) is 0 Å². The maximum Gasteiger partial charge on any atom is 0.330 e. The summed E-state index contributed by atoms with van der Waals surface area (Å²) in [6.07, 6.45) is 6.83. The highest BCUT2D eigenvalue weighted by molar-refractivity contribution is 5.92. The minimum Gasteiger partial charge on any atom is -0.460 e. The summed E-state index contributed by atoms with van der Waals surface area (Å²) in [5, 5.41) is 18.1. The second-order valence-corrected chi connectivity index (χ2v) is 9.37. The third-order valence-electron chi connectivity index (χ3n) is 7.52. The molecule has 0 aromatic rings. The molecule has 0 radical (unpaired) electrons. The van der Waals surface area contributed by atoms with Crippen molar-refractivity contribution in [2.45, 2.75) is 72.8 Å². The summed E-state index contributed by atoms with van der Waals surface area (Å²) in [5.41, 5.74) is 2.25. The van der Waals surface area contributed by atoms with Crippen LogP contribution in [0.4, 0.5) is 0 Å². The van der Waals surface area contributed by atoms with Crippen molar-refractivity contribution in [1.82, 2.24) is 0 Å². The number of fused-ring (bicyclic) bond motifs is 1. The lowest BCUT2D eigenvalue weighted by Gasteiger charge is -2.57. The van der Waals surface area contributed by atoms with E-state index in [9.17, 15) is 14.7 Å². The molecule has 5 atom stereocenters. The van der Waals surface area contributed by atoms with Crippen molar-refractivity contribution in [3.05, 3.63) is 23.3 Å². The van der Waals surface area contributed by atoms with Gasteiger partial charge in [-0.1, -0.05) is 31.9 Å². The SMILES string of the molecule is CC(=CC(=O)OCC(O)CO)CCC1(C)C(C)CCC2(C)C(C)=CC(=O)CC21. The number of hydrogen-bond donors (Lipinski definition) is 2. The predicted molar refractivity (Wildman–Crippen MR) is 109 cm³/mol. The molecule has 0 bridgehead atoms. The zero-order valence-corrected chi connectivity index (χ0v) is 18.0. The molecule has 0 spiro atoms. The maximum atomic E-state index is 12.3. The second-order valence-electron chi connectivity index (χ2n) is 9.37. The van der Waals surface area contributed by atoms with Gasteiger partial charge in [-0.25, -0.2) is 4.79 Å². The molecule has 5 nitrogen and oxygen atoms in total. The van der Waals surface area contributed by atoms with E-state index in [0.29, 0.717) is 18.3 Å². The van der Waals surface area contributed by atoms with E-state index in [0.717, 1.165) is 31.3 Å². The molecule has 2 aliphatic carbocycles. The Morgan fingerprint density at radius 1 is 1.43 bits per heavy atom. The minimum absolute atomic E-state index is 0.0320.